The van der Waals surface area contributed by atoms with Gasteiger partial charge in [0.2, 0.25) is 15.9 Å². The number of nitrogens with one attached hydrogen (secondary N) is 2. The Labute approximate surface area is 176 Å². The Kier molecular flexibility index (Phi) is 6.66. The molecule has 0 aromatic heterocycles. The molecule has 2 aromatic rings. The minimum Gasteiger partial charge on any atom is -0.354 e. The van der Waals surface area contributed by atoms with Crippen LogP contribution in [0.25, 0.3) is 0 Å². The maximum absolute atomic E-state index is 13.3. The summed E-state index contributed by atoms with van der Waals surface area (Å²) in [5.74, 6) is -1.14. The van der Waals surface area contributed by atoms with Crippen LogP contribution in [0, 0.1) is 5.82 Å². The van der Waals surface area contributed by atoms with Crippen LogP contribution >= 0.6 is 15.9 Å². The molecule has 29 heavy (non-hydrogen) atoms. The maximum Gasteiger partial charge on any atom is 0.251 e. The average Bonchev–Trinajstić information content (AvgIpc) is 2.70. The van der Waals surface area contributed by atoms with Crippen LogP contribution in [0.2, 0.25) is 0 Å². The number of sulfonamides is 1. The van der Waals surface area contributed by atoms with E-state index in [1.54, 1.807) is 12.1 Å². The summed E-state index contributed by atoms with van der Waals surface area (Å²) >= 11 is 3.12. The van der Waals surface area contributed by atoms with Gasteiger partial charge >= 0.3 is 0 Å². The van der Waals surface area contributed by atoms with Gasteiger partial charge in [-0.05, 0) is 58.2 Å². The van der Waals surface area contributed by atoms with E-state index in [2.05, 4.69) is 26.6 Å². The van der Waals surface area contributed by atoms with Crippen LogP contribution in [0.4, 0.5) is 4.39 Å². The number of nitrogens with zero attached hydrogens (tertiary/aromatic N) is 1. The van der Waals surface area contributed by atoms with E-state index in [-0.39, 0.29) is 41.8 Å². The molecule has 0 saturated carbocycles. The molecule has 0 radical (unpaired) electrons. The first-order valence-corrected chi connectivity index (χ1v) is 11.1. The third-order valence-corrected chi connectivity index (χ3v) is 6.87. The molecular formula is C19H19BrFN3O4S. The van der Waals surface area contributed by atoms with Crippen molar-refractivity contribution in [3.05, 3.63) is 63.9 Å². The van der Waals surface area contributed by atoms with Gasteiger partial charge in [-0.3, -0.25) is 9.59 Å². The average molecular weight is 484 g/mol. The van der Waals surface area contributed by atoms with E-state index in [1.165, 1.54) is 30.3 Å². The topological polar surface area (TPSA) is 95.6 Å². The molecule has 2 aromatic carbocycles. The molecule has 3 rings (SSSR count). The van der Waals surface area contributed by atoms with Crippen molar-refractivity contribution in [3.8, 4) is 0 Å². The normalized spacial score (nSPS) is 15.0. The molecule has 0 unspecified atom stereocenters. The summed E-state index contributed by atoms with van der Waals surface area (Å²) < 4.78 is 40.2. The number of rotatable bonds is 6. The predicted octanol–water partition coefficient (Wildman–Crippen LogP) is 1.68. The summed E-state index contributed by atoms with van der Waals surface area (Å²) in [4.78, 5) is 23.9. The second-order valence-corrected chi connectivity index (χ2v) is 9.26. The summed E-state index contributed by atoms with van der Waals surface area (Å²) in [5, 5.41) is 5.30. The smallest absolute Gasteiger partial charge is 0.251 e. The van der Waals surface area contributed by atoms with Gasteiger partial charge in [-0.1, -0.05) is 12.1 Å². The Hall–Kier alpha value is -2.30. The van der Waals surface area contributed by atoms with Gasteiger partial charge in [0.05, 0.1) is 15.9 Å². The van der Waals surface area contributed by atoms with Gasteiger partial charge in [0, 0.05) is 25.2 Å². The van der Waals surface area contributed by atoms with E-state index in [0.29, 0.717) is 17.4 Å². The van der Waals surface area contributed by atoms with E-state index in [9.17, 15) is 22.4 Å². The van der Waals surface area contributed by atoms with Gasteiger partial charge in [0.25, 0.3) is 5.91 Å². The number of hydrogen-bond acceptors (Lipinski definition) is 4. The predicted molar refractivity (Wildman–Crippen MR) is 108 cm³/mol. The number of halogens is 2. The van der Waals surface area contributed by atoms with Crippen molar-refractivity contribution in [2.45, 2.75) is 11.3 Å². The molecule has 10 heteroatoms. The molecule has 1 fully saturated rings. The van der Waals surface area contributed by atoms with Crippen molar-refractivity contribution in [2.75, 3.05) is 26.2 Å². The minimum absolute atomic E-state index is 0.0395. The number of piperazine rings is 1. The lowest BCUT2D eigenvalue weighted by molar-refractivity contribution is -0.122. The molecule has 1 saturated heterocycles. The molecular weight excluding hydrogens is 465 g/mol. The van der Waals surface area contributed by atoms with Crippen LogP contribution in [0.15, 0.2) is 51.8 Å². The molecule has 1 aliphatic heterocycles. The highest BCUT2D eigenvalue weighted by Crippen LogP contribution is 2.19. The van der Waals surface area contributed by atoms with E-state index < -0.39 is 15.9 Å². The fourth-order valence-corrected chi connectivity index (χ4v) is 4.75. The number of hydrogen-bond donors (Lipinski definition) is 2. The van der Waals surface area contributed by atoms with Crippen LogP contribution < -0.4 is 10.6 Å². The maximum atomic E-state index is 13.3. The molecule has 0 bridgehead atoms. The second-order valence-electron chi connectivity index (χ2n) is 6.47. The van der Waals surface area contributed by atoms with Crippen molar-refractivity contribution in [2.24, 2.45) is 0 Å². The number of benzene rings is 2. The van der Waals surface area contributed by atoms with Crippen LogP contribution in [0.3, 0.4) is 0 Å². The number of amides is 2. The van der Waals surface area contributed by atoms with Crippen LogP contribution in [0.1, 0.15) is 15.9 Å². The molecule has 1 heterocycles. The van der Waals surface area contributed by atoms with Crippen LogP contribution in [-0.2, 0) is 21.2 Å². The van der Waals surface area contributed by atoms with Crippen molar-refractivity contribution < 1.29 is 22.4 Å². The summed E-state index contributed by atoms with van der Waals surface area (Å²) in [6.45, 7) is 0.488. The van der Waals surface area contributed by atoms with Crippen molar-refractivity contribution in [1.82, 2.24) is 14.9 Å². The van der Waals surface area contributed by atoms with Crippen molar-refractivity contribution in [1.29, 1.82) is 0 Å². The summed E-state index contributed by atoms with van der Waals surface area (Å²) in [7, 11) is -3.87. The Morgan fingerprint density at radius 1 is 1.24 bits per heavy atom. The van der Waals surface area contributed by atoms with Gasteiger partial charge in [0.15, 0.2) is 0 Å². The van der Waals surface area contributed by atoms with Crippen LogP contribution in [0.5, 0.6) is 0 Å². The highest BCUT2D eigenvalue weighted by Gasteiger charge is 2.29. The zero-order valence-electron chi connectivity index (χ0n) is 15.3. The quantitative estimate of drug-likeness (QED) is 0.653. The van der Waals surface area contributed by atoms with Crippen LogP contribution in [-0.4, -0.2) is 50.7 Å². The number of carbonyl (C=O) groups is 2. The molecule has 0 aliphatic carbocycles. The van der Waals surface area contributed by atoms with Gasteiger partial charge in [-0.2, -0.15) is 4.31 Å². The zero-order chi connectivity index (χ0) is 21.0. The largest absolute Gasteiger partial charge is 0.354 e. The first-order valence-electron chi connectivity index (χ1n) is 8.86. The first kappa shape index (κ1) is 21.4. The van der Waals surface area contributed by atoms with Crippen molar-refractivity contribution >= 4 is 37.8 Å². The zero-order valence-corrected chi connectivity index (χ0v) is 17.7. The molecule has 1 aliphatic rings. The van der Waals surface area contributed by atoms with Gasteiger partial charge < -0.3 is 10.6 Å². The Morgan fingerprint density at radius 3 is 2.76 bits per heavy atom. The van der Waals surface area contributed by atoms with E-state index >= 15 is 0 Å². The highest BCUT2D eigenvalue weighted by molar-refractivity contribution is 9.10. The Bertz CT molecular complexity index is 1050. The Balaban J connectivity index is 1.65. The lowest BCUT2D eigenvalue weighted by atomic mass is 10.1. The molecule has 154 valence electrons. The summed E-state index contributed by atoms with van der Waals surface area (Å²) in [6.07, 6.45) is 0.492. The Morgan fingerprint density at radius 2 is 2.03 bits per heavy atom. The van der Waals surface area contributed by atoms with Crippen molar-refractivity contribution in [3.63, 3.8) is 0 Å². The fourth-order valence-electron chi connectivity index (χ4n) is 2.88. The molecule has 0 atom stereocenters. The number of carbonyl (C=O) groups excluding carboxylic acids is 2. The third kappa shape index (κ3) is 5.20. The van der Waals surface area contributed by atoms with E-state index in [4.69, 9.17) is 0 Å². The highest BCUT2D eigenvalue weighted by atomic mass is 79.9. The van der Waals surface area contributed by atoms with E-state index in [0.717, 1.165) is 9.87 Å². The first-order chi connectivity index (χ1) is 13.8. The van der Waals surface area contributed by atoms with Gasteiger partial charge in [0.1, 0.15) is 5.82 Å². The standard InChI is InChI=1S/C19H19BrFN3O4S/c20-16-10-13(4-5-17(16)21)6-7-23-19(26)14-2-1-3-15(11-14)29(27,28)24-9-8-22-18(25)12-24/h1-5,10-11H,6-9,12H2,(H,22,25)(H,23,26). The molecule has 2 amide bonds. The van der Waals surface area contributed by atoms with Gasteiger partial charge in [-0.25, -0.2) is 12.8 Å². The lowest BCUT2D eigenvalue weighted by Crippen LogP contribution is -2.49. The van der Waals surface area contributed by atoms with E-state index in [1.807, 2.05) is 0 Å². The summed E-state index contributed by atoms with van der Waals surface area (Å²) in [5.41, 5.74) is 1.05. The molecule has 7 nitrogen and oxygen atoms in total. The summed E-state index contributed by atoms with van der Waals surface area (Å²) in [6, 6.07) is 10.3. The third-order valence-electron chi connectivity index (χ3n) is 4.42. The minimum atomic E-state index is -3.87. The SMILES string of the molecule is O=C1CN(S(=O)(=O)c2cccc(C(=O)NCCc3ccc(F)c(Br)c3)c2)CCN1. The monoisotopic (exact) mass is 483 g/mol. The van der Waals surface area contributed by atoms with Gasteiger partial charge in [-0.15, -0.1) is 0 Å². The molecule has 2 N–H and O–H groups in total. The lowest BCUT2D eigenvalue weighted by Gasteiger charge is -2.26. The fraction of sp³-hybridized carbons (Fsp3) is 0.263. The second kappa shape index (κ2) is 9.02. The molecule has 0 spiro atoms.